The monoisotopic (exact) mass is 320 g/mol. The van der Waals surface area contributed by atoms with Crippen molar-refractivity contribution in [2.24, 2.45) is 11.8 Å². The van der Waals surface area contributed by atoms with Crippen molar-refractivity contribution in [3.63, 3.8) is 0 Å². The van der Waals surface area contributed by atoms with Crippen LogP contribution in [0.3, 0.4) is 0 Å². The summed E-state index contributed by atoms with van der Waals surface area (Å²) in [7, 11) is 0. The summed E-state index contributed by atoms with van der Waals surface area (Å²) in [5.41, 5.74) is -0.581. The Balaban J connectivity index is 1.67. The van der Waals surface area contributed by atoms with Crippen LogP contribution >= 0.6 is 0 Å². The maximum Gasteiger partial charge on any atom is 0.245 e. The standard InChI is InChI=1S/C18H28N2O3/c1-18(2,20-8-3-4-9-20)17(21)19-16-7-12-23-13-15(16)14-5-10-22-11-6-14/h3-4,8-9,14-16H,5-7,10-13H2,1-2H3,(H,19,21)/t15-,16-/m0/s1. The fourth-order valence-corrected chi connectivity index (χ4v) is 3.72. The summed E-state index contributed by atoms with van der Waals surface area (Å²) >= 11 is 0. The van der Waals surface area contributed by atoms with E-state index < -0.39 is 5.54 Å². The van der Waals surface area contributed by atoms with Gasteiger partial charge in [-0.25, -0.2) is 0 Å². The quantitative estimate of drug-likeness (QED) is 0.925. The van der Waals surface area contributed by atoms with E-state index in [0.29, 0.717) is 11.8 Å². The Bertz CT molecular complexity index is 506. The highest BCUT2D eigenvalue weighted by Gasteiger charge is 2.37. The largest absolute Gasteiger partial charge is 0.381 e. The second-order valence-electron chi connectivity index (χ2n) is 7.21. The second kappa shape index (κ2) is 7.05. The molecule has 1 aromatic rings. The fourth-order valence-electron chi connectivity index (χ4n) is 3.72. The molecule has 2 saturated heterocycles. The second-order valence-corrected chi connectivity index (χ2v) is 7.21. The van der Waals surface area contributed by atoms with Crippen molar-refractivity contribution in [3.8, 4) is 0 Å². The van der Waals surface area contributed by atoms with Gasteiger partial charge in [0.25, 0.3) is 0 Å². The van der Waals surface area contributed by atoms with E-state index in [0.717, 1.165) is 45.7 Å². The lowest BCUT2D eigenvalue weighted by Gasteiger charge is -2.40. The van der Waals surface area contributed by atoms with Crippen LogP contribution in [-0.4, -0.2) is 42.9 Å². The molecule has 0 spiro atoms. The first-order valence-corrected chi connectivity index (χ1v) is 8.69. The van der Waals surface area contributed by atoms with Gasteiger partial charge in [-0.1, -0.05) is 0 Å². The molecule has 2 aliphatic heterocycles. The molecule has 2 aliphatic rings. The number of hydrogen-bond donors (Lipinski definition) is 1. The maximum atomic E-state index is 12.9. The number of rotatable bonds is 4. The third-order valence-electron chi connectivity index (χ3n) is 5.39. The van der Waals surface area contributed by atoms with E-state index in [1.54, 1.807) is 0 Å². The number of hydrogen-bond acceptors (Lipinski definition) is 3. The van der Waals surface area contributed by atoms with Gasteiger partial charge < -0.3 is 19.4 Å². The van der Waals surface area contributed by atoms with E-state index in [1.807, 2.05) is 42.9 Å². The number of nitrogens with one attached hydrogen (secondary N) is 1. The molecule has 0 unspecified atom stereocenters. The number of carbonyl (C=O) groups is 1. The van der Waals surface area contributed by atoms with Crippen LogP contribution in [0.2, 0.25) is 0 Å². The predicted octanol–water partition coefficient (Wildman–Crippen LogP) is 2.17. The van der Waals surface area contributed by atoms with Gasteiger partial charge in [0.05, 0.1) is 6.61 Å². The van der Waals surface area contributed by atoms with Crippen molar-refractivity contribution in [3.05, 3.63) is 24.5 Å². The molecular formula is C18H28N2O3. The lowest BCUT2D eigenvalue weighted by atomic mass is 9.79. The molecule has 1 aromatic heterocycles. The Labute approximate surface area is 138 Å². The topological polar surface area (TPSA) is 52.5 Å². The molecule has 3 heterocycles. The van der Waals surface area contributed by atoms with Gasteiger partial charge in [-0.05, 0) is 51.2 Å². The Morgan fingerprint density at radius 2 is 1.74 bits per heavy atom. The highest BCUT2D eigenvalue weighted by atomic mass is 16.5. The Morgan fingerprint density at radius 1 is 1.09 bits per heavy atom. The van der Waals surface area contributed by atoms with Crippen molar-refractivity contribution in [2.75, 3.05) is 26.4 Å². The highest BCUT2D eigenvalue weighted by Crippen LogP contribution is 2.31. The van der Waals surface area contributed by atoms with Crippen LogP contribution in [-0.2, 0) is 19.8 Å². The number of nitrogens with zero attached hydrogens (tertiary/aromatic N) is 1. The zero-order valence-electron chi connectivity index (χ0n) is 14.2. The van der Waals surface area contributed by atoms with E-state index >= 15 is 0 Å². The van der Waals surface area contributed by atoms with Crippen molar-refractivity contribution < 1.29 is 14.3 Å². The normalized spacial score (nSPS) is 26.9. The third kappa shape index (κ3) is 3.61. The minimum atomic E-state index is -0.581. The summed E-state index contributed by atoms with van der Waals surface area (Å²) in [5.74, 6) is 1.07. The van der Waals surface area contributed by atoms with Gasteiger partial charge >= 0.3 is 0 Å². The lowest BCUT2D eigenvalue weighted by molar-refractivity contribution is -0.131. The minimum Gasteiger partial charge on any atom is -0.381 e. The summed E-state index contributed by atoms with van der Waals surface area (Å²) < 4.78 is 13.1. The van der Waals surface area contributed by atoms with Crippen LogP contribution in [0.25, 0.3) is 0 Å². The molecule has 3 rings (SSSR count). The molecule has 1 N–H and O–H groups in total. The summed E-state index contributed by atoms with van der Waals surface area (Å²) in [6.07, 6.45) is 6.93. The lowest BCUT2D eigenvalue weighted by Crippen LogP contribution is -2.54. The third-order valence-corrected chi connectivity index (χ3v) is 5.39. The van der Waals surface area contributed by atoms with Crippen molar-refractivity contribution in [1.29, 1.82) is 0 Å². The van der Waals surface area contributed by atoms with Crippen LogP contribution in [0, 0.1) is 11.8 Å². The first kappa shape index (κ1) is 16.5. The van der Waals surface area contributed by atoms with Crippen LogP contribution in [0.5, 0.6) is 0 Å². The summed E-state index contributed by atoms with van der Waals surface area (Å²) in [6.45, 7) is 7.07. The van der Waals surface area contributed by atoms with Gasteiger partial charge in [-0.2, -0.15) is 0 Å². The first-order chi connectivity index (χ1) is 11.1. The molecular weight excluding hydrogens is 292 g/mol. The van der Waals surface area contributed by atoms with E-state index in [9.17, 15) is 4.79 Å². The zero-order chi connectivity index (χ0) is 16.3. The van der Waals surface area contributed by atoms with Crippen LogP contribution in [0.4, 0.5) is 0 Å². The molecule has 1 amide bonds. The number of ether oxygens (including phenoxy) is 2. The Hall–Kier alpha value is -1.33. The van der Waals surface area contributed by atoms with Gasteiger partial charge in [0.1, 0.15) is 5.54 Å². The molecule has 0 aliphatic carbocycles. The van der Waals surface area contributed by atoms with Gasteiger partial charge in [0.2, 0.25) is 5.91 Å². The van der Waals surface area contributed by atoms with Crippen LogP contribution in [0.15, 0.2) is 24.5 Å². The molecule has 23 heavy (non-hydrogen) atoms. The van der Waals surface area contributed by atoms with Crippen molar-refractivity contribution >= 4 is 5.91 Å². The summed E-state index contributed by atoms with van der Waals surface area (Å²) in [5, 5.41) is 3.31. The van der Waals surface area contributed by atoms with Crippen LogP contribution in [0.1, 0.15) is 33.1 Å². The van der Waals surface area contributed by atoms with Crippen LogP contribution < -0.4 is 5.32 Å². The van der Waals surface area contributed by atoms with Gasteiger partial charge in [-0.15, -0.1) is 0 Å². The van der Waals surface area contributed by atoms with Gasteiger partial charge in [0, 0.05) is 44.2 Å². The van der Waals surface area contributed by atoms with E-state index in [2.05, 4.69) is 5.32 Å². The SMILES string of the molecule is CC(C)(C(=O)N[C@H]1CCOC[C@H]1C1CCOCC1)n1cccc1. The molecule has 2 fully saturated rings. The first-order valence-electron chi connectivity index (χ1n) is 8.69. The molecule has 5 nitrogen and oxygen atoms in total. The molecule has 0 radical (unpaired) electrons. The molecule has 5 heteroatoms. The number of amides is 1. The molecule has 0 saturated carbocycles. The summed E-state index contributed by atoms with van der Waals surface area (Å²) in [6, 6.07) is 4.11. The molecule has 2 atom stereocenters. The zero-order valence-corrected chi connectivity index (χ0v) is 14.2. The Kier molecular flexibility index (Phi) is 5.07. The average Bonchev–Trinajstić information content (AvgIpc) is 3.11. The number of aromatic nitrogens is 1. The van der Waals surface area contributed by atoms with E-state index in [4.69, 9.17) is 9.47 Å². The highest BCUT2D eigenvalue weighted by molar-refractivity contribution is 5.84. The smallest absolute Gasteiger partial charge is 0.245 e. The fraction of sp³-hybridized carbons (Fsp3) is 0.722. The molecule has 128 valence electrons. The minimum absolute atomic E-state index is 0.0812. The van der Waals surface area contributed by atoms with Crippen molar-refractivity contribution in [1.82, 2.24) is 9.88 Å². The molecule has 0 bridgehead atoms. The molecule has 0 aromatic carbocycles. The number of carbonyl (C=O) groups excluding carboxylic acids is 1. The predicted molar refractivity (Wildman–Crippen MR) is 88.2 cm³/mol. The van der Waals surface area contributed by atoms with E-state index in [-0.39, 0.29) is 11.9 Å². The van der Waals surface area contributed by atoms with Gasteiger partial charge in [-0.3, -0.25) is 4.79 Å². The average molecular weight is 320 g/mol. The van der Waals surface area contributed by atoms with Gasteiger partial charge in [0.15, 0.2) is 0 Å². The summed E-state index contributed by atoms with van der Waals surface area (Å²) in [4.78, 5) is 12.9. The van der Waals surface area contributed by atoms with E-state index in [1.165, 1.54) is 0 Å². The maximum absolute atomic E-state index is 12.9. The Morgan fingerprint density at radius 3 is 2.43 bits per heavy atom. The van der Waals surface area contributed by atoms with Crippen molar-refractivity contribution in [2.45, 2.75) is 44.7 Å².